The Hall–Kier alpha value is -0.960. The molecule has 1 aromatic carbocycles. The average Bonchev–Trinajstić information content (AvgIpc) is 3.00. The van der Waals surface area contributed by atoms with Crippen LogP contribution in [-0.4, -0.2) is 11.3 Å². The van der Waals surface area contributed by atoms with Crippen molar-refractivity contribution < 1.29 is 4.79 Å². The molecule has 1 aromatic rings. The number of carbonyl (C=O) groups is 1. The number of nitrogens with one attached hydrogen (secondary N) is 1. The zero-order chi connectivity index (χ0) is 12.5. The Bertz CT molecular complexity index is 418. The van der Waals surface area contributed by atoms with Crippen LogP contribution in [0.15, 0.2) is 29.2 Å². The summed E-state index contributed by atoms with van der Waals surface area (Å²) in [5.74, 6) is 0. The van der Waals surface area contributed by atoms with Gasteiger partial charge in [0.05, 0.1) is 0 Å². The van der Waals surface area contributed by atoms with E-state index >= 15 is 0 Å². The van der Waals surface area contributed by atoms with Crippen LogP contribution in [0.25, 0.3) is 0 Å². The maximum Gasteiger partial charge on any atom is 0.284 e. The van der Waals surface area contributed by atoms with Gasteiger partial charge >= 0.3 is 0 Å². The van der Waals surface area contributed by atoms with Crippen molar-refractivity contribution in [3.05, 3.63) is 29.8 Å². The number of benzene rings is 1. The molecular weight excluding hydrogens is 230 g/mol. The fraction of sp³-hybridized carbons (Fsp3) is 0.500. The maximum absolute atomic E-state index is 11.7. The SMILES string of the molecule is CC(C)(C)c1cccc(SC(=O)NC2CC2)c1. The summed E-state index contributed by atoms with van der Waals surface area (Å²) >= 11 is 1.29. The highest BCUT2D eigenvalue weighted by Crippen LogP contribution is 2.28. The normalized spacial score (nSPS) is 15.7. The number of carbonyl (C=O) groups excluding carboxylic acids is 1. The third kappa shape index (κ3) is 3.77. The van der Waals surface area contributed by atoms with Gasteiger partial charge in [-0.05, 0) is 47.7 Å². The predicted molar refractivity (Wildman–Crippen MR) is 72.6 cm³/mol. The summed E-state index contributed by atoms with van der Waals surface area (Å²) in [5, 5.41) is 3.05. The number of thioether (sulfide) groups is 1. The molecule has 1 N–H and O–H groups in total. The lowest BCUT2D eigenvalue weighted by molar-refractivity contribution is 0.260. The quantitative estimate of drug-likeness (QED) is 0.804. The smallest absolute Gasteiger partial charge is 0.284 e. The van der Waals surface area contributed by atoms with E-state index in [9.17, 15) is 4.79 Å². The minimum absolute atomic E-state index is 0.0681. The van der Waals surface area contributed by atoms with Crippen LogP contribution in [0.4, 0.5) is 4.79 Å². The monoisotopic (exact) mass is 249 g/mol. The Balaban J connectivity index is 2.02. The minimum atomic E-state index is 0.0681. The van der Waals surface area contributed by atoms with E-state index in [1.54, 1.807) is 0 Å². The Morgan fingerprint density at radius 1 is 1.35 bits per heavy atom. The molecule has 0 bridgehead atoms. The molecule has 1 aliphatic carbocycles. The van der Waals surface area contributed by atoms with Gasteiger partial charge in [-0.2, -0.15) is 0 Å². The third-order valence-electron chi connectivity index (χ3n) is 2.81. The van der Waals surface area contributed by atoms with Gasteiger partial charge in [-0.15, -0.1) is 0 Å². The zero-order valence-electron chi connectivity index (χ0n) is 10.6. The lowest BCUT2D eigenvalue weighted by Gasteiger charge is -2.19. The second-order valence-corrected chi connectivity index (χ2v) is 6.63. The fourth-order valence-corrected chi connectivity index (χ4v) is 2.33. The second-order valence-electron chi connectivity index (χ2n) is 5.59. The molecule has 1 aliphatic rings. The van der Waals surface area contributed by atoms with Crippen molar-refractivity contribution in [2.24, 2.45) is 0 Å². The minimum Gasteiger partial charge on any atom is -0.344 e. The molecule has 0 aromatic heterocycles. The molecule has 0 unspecified atom stereocenters. The molecule has 0 aliphatic heterocycles. The van der Waals surface area contributed by atoms with E-state index in [4.69, 9.17) is 0 Å². The lowest BCUT2D eigenvalue weighted by Crippen LogP contribution is -2.20. The van der Waals surface area contributed by atoms with Gasteiger partial charge in [-0.25, -0.2) is 0 Å². The van der Waals surface area contributed by atoms with Crippen molar-refractivity contribution in [3.8, 4) is 0 Å². The molecule has 0 spiro atoms. The zero-order valence-corrected chi connectivity index (χ0v) is 11.4. The molecule has 0 atom stereocenters. The fourth-order valence-electron chi connectivity index (χ4n) is 1.56. The summed E-state index contributed by atoms with van der Waals surface area (Å²) in [4.78, 5) is 12.7. The molecule has 92 valence electrons. The molecule has 3 heteroatoms. The first-order valence-electron chi connectivity index (χ1n) is 6.04. The van der Waals surface area contributed by atoms with E-state index in [0.29, 0.717) is 6.04 Å². The van der Waals surface area contributed by atoms with Crippen molar-refractivity contribution in [2.45, 2.75) is 50.0 Å². The second kappa shape index (κ2) is 4.73. The molecule has 1 saturated carbocycles. The standard InChI is InChI=1S/C14H19NOS/c1-14(2,3)10-5-4-6-12(9-10)17-13(16)15-11-7-8-11/h4-6,9,11H,7-8H2,1-3H3,(H,15,16). The summed E-state index contributed by atoms with van der Waals surface area (Å²) in [6, 6.07) is 8.67. The van der Waals surface area contributed by atoms with E-state index in [1.165, 1.54) is 17.3 Å². The number of hydrogen-bond donors (Lipinski definition) is 1. The highest BCUT2D eigenvalue weighted by atomic mass is 32.2. The largest absolute Gasteiger partial charge is 0.344 e. The molecule has 17 heavy (non-hydrogen) atoms. The van der Waals surface area contributed by atoms with Crippen molar-refractivity contribution >= 4 is 17.0 Å². The van der Waals surface area contributed by atoms with E-state index in [1.807, 2.05) is 12.1 Å². The topological polar surface area (TPSA) is 29.1 Å². The molecule has 0 heterocycles. The summed E-state index contributed by atoms with van der Waals surface area (Å²) in [6.45, 7) is 6.54. The van der Waals surface area contributed by atoms with Crippen LogP contribution < -0.4 is 5.32 Å². The average molecular weight is 249 g/mol. The summed E-state index contributed by atoms with van der Waals surface area (Å²) < 4.78 is 0. The van der Waals surface area contributed by atoms with Gasteiger partial charge in [0, 0.05) is 10.9 Å². The van der Waals surface area contributed by atoms with Crippen molar-refractivity contribution in [2.75, 3.05) is 0 Å². The summed E-state index contributed by atoms with van der Waals surface area (Å²) in [7, 11) is 0. The molecule has 0 saturated heterocycles. The summed E-state index contributed by atoms with van der Waals surface area (Å²) in [6.07, 6.45) is 2.27. The van der Waals surface area contributed by atoms with Crippen LogP contribution in [0.2, 0.25) is 0 Å². The molecule has 1 amide bonds. The van der Waals surface area contributed by atoms with Crippen LogP contribution in [0.5, 0.6) is 0 Å². The van der Waals surface area contributed by atoms with Crippen LogP contribution in [0, 0.1) is 0 Å². The van der Waals surface area contributed by atoms with Gasteiger partial charge < -0.3 is 5.32 Å². The highest BCUT2D eigenvalue weighted by Gasteiger charge is 2.23. The molecule has 1 fully saturated rings. The van der Waals surface area contributed by atoms with Crippen LogP contribution in [0.1, 0.15) is 39.2 Å². The van der Waals surface area contributed by atoms with Crippen LogP contribution >= 0.6 is 11.8 Å². The number of amides is 1. The van der Waals surface area contributed by atoms with Crippen molar-refractivity contribution in [3.63, 3.8) is 0 Å². The first-order chi connectivity index (χ1) is 7.95. The van der Waals surface area contributed by atoms with Crippen LogP contribution in [-0.2, 0) is 5.41 Å². The Labute approximate surface area is 107 Å². The first kappa shape index (κ1) is 12.5. The molecule has 2 nitrogen and oxygen atoms in total. The Kier molecular flexibility index (Phi) is 3.48. The number of hydrogen-bond acceptors (Lipinski definition) is 2. The van der Waals surface area contributed by atoms with E-state index in [0.717, 1.165) is 17.7 Å². The molecule has 0 radical (unpaired) electrons. The first-order valence-corrected chi connectivity index (χ1v) is 6.86. The maximum atomic E-state index is 11.7. The third-order valence-corrected chi connectivity index (χ3v) is 3.60. The van der Waals surface area contributed by atoms with E-state index in [2.05, 4.69) is 38.2 Å². The Morgan fingerprint density at radius 2 is 2.06 bits per heavy atom. The van der Waals surface area contributed by atoms with Gasteiger partial charge in [0.25, 0.3) is 5.24 Å². The highest BCUT2D eigenvalue weighted by molar-refractivity contribution is 8.13. The predicted octanol–water partition coefficient (Wildman–Crippen LogP) is 3.95. The summed E-state index contributed by atoms with van der Waals surface area (Å²) in [5.41, 5.74) is 1.39. The van der Waals surface area contributed by atoms with Gasteiger partial charge in [0.2, 0.25) is 0 Å². The van der Waals surface area contributed by atoms with Crippen molar-refractivity contribution in [1.82, 2.24) is 5.32 Å². The van der Waals surface area contributed by atoms with E-state index in [-0.39, 0.29) is 10.7 Å². The van der Waals surface area contributed by atoms with Gasteiger partial charge in [-0.1, -0.05) is 32.9 Å². The van der Waals surface area contributed by atoms with Gasteiger partial charge in [0.15, 0.2) is 0 Å². The molecular formula is C14H19NOS. The van der Waals surface area contributed by atoms with Crippen LogP contribution in [0.3, 0.4) is 0 Å². The Morgan fingerprint density at radius 3 is 2.65 bits per heavy atom. The lowest BCUT2D eigenvalue weighted by atomic mass is 9.87. The number of rotatable bonds is 2. The van der Waals surface area contributed by atoms with E-state index < -0.39 is 0 Å². The van der Waals surface area contributed by atoms with Gasteiger partial charge in [-0.3, -0.25) is 4.79 Å². The van der Waals surface area contributed by atoms with Crippen molar-refractivity contribution in [1.29, 1.82) is 0 Å². The molecule has 2 rings (SSSR count). The van der Waals surface area contributed by atoms with Gasteiger partial charge in [0.1, 0.15) is 0 Å².